The van der Waals surface area contributed by atoms with E-state index < -0.39 is 11.9 Å². The van der Waals surface area contributed by atoms with Gasteiger partial charge in [-0.25, -0.2) is 4.39 Å². The molecule has 1 amide bonds. The van der Waals surface area contributed by atoms with Crippen LogP contribution in [0.2, 0.25) is 5.02 Å². The van der Waals surface area contributed by atoms with Crippen molar-refractivity contribution >= 4 is 17.5 Å². The molecule has 180 valence electrons. The molecule has 1 aliphatic carbocycles. The molecule has 0 spiro atoms. The van der Waals surface area contributed by atoms with E-state index in [9.17, 15) is 14.3 Å². The maximum Gasteiger partial charge on any atom is 0.237 e. The number of rotatable bonds is 7. The second-order valence-electron chi connectivity index (χ2n) is 10.7. The number of β-amino-alcohol motifs (C(OH)–C–C–N with tert-alkyl or cyclic N) is 1. The van der Waals surface area contributed by atoms with Crippen LogP contribution < -0.4 is 10.6 Å². The highest BCUT2D eigenvalue weighted by molar-refractivity contribution is 6.30. The lowest BCUT2D eigenvalue weighted by molar-refractivity contribution is -0.132. The second kappa shape index (κ2) is 10.8. The molecular formula is C25H39ClFN3O2. The summed E-state index contributed by atoms with van der Waals surface area (Å²) >= 11 is 5.78. The molecule has 0 aromatic heterocycles. The Hall–Kier alpha value is -1.21. The number of hydrogen-bond donors (Lipinski definition) is 3. The Morgan fingerprint density at radius 2 is 1.97 bits per heavy atom. The zero-order valence-corrected chi connectivity index (χ0v) is 20.6. The molecule has 0 unspecified atom stereocenters. The van der Waals surface area contributed by atoms with Gasteiger partial charge in [0.25, 0.3) is 0 Å². The van der Waals surface area contributed by atoms with Crippen molar-refractivity contribution in [1.29, 1.82) is 0 Å². The number of hydrogen-bond acceptors (Lipinski definition) is 4. The van der Waals surface area contributed by atoms with Gasteiger partial charge in [0.2, 0.25) is 5.91 Å². The third kappa shape index (κ3) is 6.89. The maximum atomic E-state index is 13.8. The molecule has 5 atom stereocenters. The van der Waals surface area contributed by atoms with Crippen LogP contribution in [0.1, 0.15) is 71.4 Å². The molecule has 7 heteroatoms. The monoisotopic (exact) mass is 467 g/mol. The van der Waals surface area contributed by atoms with Crippen molar-refractivity contribution in [2.24, 2.45) is 11.8 Å². The topological polar surface area (TPSA) is 64.6 Å². The van der Waals surface area contributed by atoms with Gasteiger partial charge in [-0.3, -0.25) is 9.69 Å². The Morgan fingerprint density at radius 3 is 2.62 bits per heavy atom. The van der Waals surface area contributed by atoms with Crippen molar-refractivity contribution in [2.45, 2.75) is 83.5 Å². The van der Waals surface area contributed by atoms with Crippen LogP contribution in [-0.4, -0.2) is 53.2 Å². The smallest absolute Gasteiger partial charge is 0.237 e. The van der Waals surface area contributed by atoms with Crippen LogP contribution in [0.25, 0.3) is 0 Å². The molecule has 0 bridgehead atoms. The molecule has 0 radical (unpaired) electrons. The highest BCUT2D eigenvalue weighted by atomic mass is 35.5. The fourth-order valence-corrected chi connectivity index (χ4v) is 5.29. The van der Waals surface area contributed by atoms with Crippen LogP contribution in [-0.2, 0) is 4.79 Å². The largest absolute Gasteiger partial charge is 0.390 e. The predicted octanol–water partition coefficient (Wildman–Crippen LogP) is 4.29. The van der Waals surface area contributed by atoms with Crippen LogP contribution in [0.5, 0.6) is 0 Å². The third-order valence-corrected chi connectivity index (χ3v) is 7.16. The van der Waals surface area contributed by atoms with Gasteiger partial charge >= 0.3 is 0 Å². The minimum Gasteiger partial charge on any atom is -0.390 e. The highest BCUT2D eigenvalue weighted by Crippen LogP contribution is 2.38. The van der Waals surface area contributed by atoms with Crippen LogP contribution in [0.4, 0.5) is 4.39 Å². The Bertz CT molecular complexity index is 785. The lowest BCUT2D eigenvalue weighted by Crippen LogP contribution is -2.59. The lowest BCUT2D eigenvalue weighted by Gasteiger charge is -2.46. The van der Waals surface area contributed by atoms with Gasteiger partial charge in [0.05, 0.1) is 17.2 Å². The third-order valence-electron chi connectivity index (χ3n) is 6.85. The van der Waals surface area contributed by atoms with Gasteiger partial charge in [0.1, 0.15) is 5.82 Å². The SMILES string of the molecule is C[C@@H](NC[C@@H](O)CN1C[C@H]2CCCC[C@H]2C[C@H]1C(=O)NC(C)(C)C)c1ccc(Cl)c(F)c1. The van der Waals surface area contributed by atoms with E-state index in [1.165, 1.54) is 31.7 Å². The molecule has 1 saturated carbocycles. The zero-order valence-electron chi connectivity index (χ0n) is 19.8. The first-order valence-corrected chi connectivity index (χ1v) is 12.3. The molecule has 1 aliphatic heterocycles. The van der Waals surface area contributed by atoms with Gasteiger partial charge in [-0.05, 0) is 70.1 Å². The number of benzene rings is 1. The normalized spacial score (nSPS) is 26.3. The molecule has 1 aromatic carbocycles. The first-order valence-electron chi connectivity index (χ1n) is 12.0. The second-order valence-corrected chi connectivity index (χ2v) is 11.1. The summed E-state index contributed by atoms with van der Waals surface area (Å²) < 4.78 is 13.8. The van der Waals surface area contributed by atoms with Crippen LogP contribution in [0, 0.1) is 17.7 Å². The van der Waals surface area contributed by atoms with E-state index in [0.29, 0.717) is 24.9 Å². The first kappa shape index (κ1) is 25.4. The standard InChI is InChI=1S/C25H39ClFN3O2/c1-16(17-9-10-21(26)22(27)11-17)28-13-20(31)15-30-14-19-8-6-5-7-18(19)12-23(30)24(32)29-25(2,3)4/h9-11,16,18-20,23,28,31H,5-8,12-15H2,1-4H3,(H,29,32)/t16-,18+,19-,20-,23+/m1/s1. The van der Waals surface area contributed by atoms with E-state index in [-0.39, 0.29) is 28.6 Å². The maximum absolute atomic E-state index is 13.8. The summed E-state index contributed by atoms with van der Waals surface area (Å²) in [7, 11) is 0. The summed E-state index contributed by atoms with van der Waals surface area (Å²) in [5, 5.41) is 17.3. The number of nitrogens with one attached hydrogen (secondary N) is 2. The van der Waals surface area contributed by atoms with Crippen molar-refractivity contribution in [3.05, 3.63) is 34.6 Å². The summed E-state index contributed by atoms with van der Waals surface area (Å²) in [6.07, 6.45) is 5.17. The quantitative estimate of drug-likeness (QED) is 0.559. The van der Waals surface area contributed by atoms with Gasteiger partial charge in [-0.2, -0.15) is 0 Å². The molecule has 1 aromatic rings. The van der Waals surface area contributed by atoms with Gasteiger partial charge in [0.15, 0.2) is 0 Å². The molecular weight excluding hydrogens is 429 g/mol. The Labute approximate surface area is 197 Å². The summed E-state index contributed by atoms with van der Waals surface area (Å²) in [4.78, 5) is 15.3. The van der Waals surface area contributed by atoms with E-state index >= 15 is 0 Å². The minimum atomic E-state index is -0.625. The first-order chi connectivity index (χ1) is 15.0. The molecule has 3 N–H and O–H groups in total. The molecule has 3 rings (SSSR count). The average Bonchev–Trinajstić information content (AvgIpc) is 2.72. The number of aliphatic hydroxyl groups excluding tert-OH is 1. The summed E-state index contributed by atoms with van der Waals surface area (Å²) in [5.41, 5.74) is 0.500. The number of aliphatic hydroxyl groups is 1. The molecule has 2 aliphatic rings. The van der Waals surface area contributed by atoms with Crippen molar-refractivity contribution in [3.8, 4) is 0 Å². The van der Waals surface area contributed by atoms with E-state index in [4.69, 9.17) is 11.6 Å². The molecule has 5 nitrogen and oxygen atoms in total. The van der Waals surface area contributed by atoms with E-state index in [0.717, 1.165) is 18.5 Å². The van der Waals surface area contributed by atoms with Crippen molar-refractivity contribution in [3.63, 3.8) is 0 Å². The molecule has 1 heterocycles. The molecule has 1 saturated heterocycles. The summed E-state index contributed by atoms with van der Waals surface area (Å²) in [6, 6.07) is 4.43. The minimum absolute atomic E-state index is 0.0618. The van der Waals surface area contributed by atoms with E-state index in [1.807, 2.05) is 27.7 Å². The Balaban J connectivity index is 1.60. The van der Waals surface area contributed by atoms with Crippen molar-refractivity contribution in [1.82, 2.24) is 15.5 Å². The number of halogens is 2. The van der Waals surface area contributed by atoms with Crippen molar-refractivity contribution < 1.29 is 14.3 Å². The number of piperidine rings is 1. The van der Waals surface area contributed by atoms with Gasteiger partial charge < -0.3 is 15.7 Å². The molecule has 32 heavy (non-hydrogen) atoms. The number of amides is 1. The van der Waals surface area contributed by atoms with Gasteiger partial charge in [-0.15, -0.1) is 0 Å². The molecule has 2 fully saturated rings. The fourth-order valence-electron chi connectivity index (χ4n) is 5.17. The van der Waals surface area contributed by atoms with E-state index in [2.05, 4.69) is 15.5 Å². The predicted molar refractivity (Wildman–Crippen MR) is 127 cm³/mol. The van der Waals surface area contributed by atoms with E-state index in [1.54, 1.807) is 12.1 Å². The Morgan fingerprint density at radius 1 is 1.28 bits per heavy atom. The number of carbonyl (C=O) groups is 1. The van der Waals surface area contributed by atoms with Crippen LogP contribution in [0.3, 0.4) is 0 Å². The summed E-state index contributed by atoms with van der Waals surface area (Å²) in [5.74, 6) is 0.831. The number of nitrogens with zero attached hydrogens (tertiary/aromatic N) is 1. The number of carbonyl (C=O) groups excluding carboxylic acids is 1. The number of fused-ring (bicyclic) bond motifs is 1. The summed E-state index contributed by atoms with van der Waals surface area (Å²) in [6.45, 7) is 9.61. The van der Waals surface area contributed by atoms with Crippen LogP contribution >= 0.6 is 11.6 Å². The Kier molecular flexibility index (Phi) is 8.59. The van der Waals surface area contributed by atoms with Crippen LogP contribution in [0.15, 0.2) is 18.2 Å². The lowest BCUT2D eigenvalue weighted by atomic mass is 9.72. The average molecular weight is 468 g/mol. The van der Waals surface area contributed by atoms with Crippen molar-refractivity contribution in [2.75, 3.05) is 19.6 Å². The zero-order chi connectivity index (χ0) is 23.5. The van der Waals surface area contributed by atoms with Gasteiger partial charge in [-0.1, -0.05) is 36.9 Å². The highest BCUT2D eigenvalue weighted by Gasteiger charge is 2.40. The van der Waals surface area contributed by atoms with Gasteiger partial charge in [0, 0.05) is 31.2 Å². The number of likely N-dealkylation sites (tertiary alicyclic amines) is 1. The fraction of sp³-hybridized carbons (Fsp3) is 0.720.